The van der Waals surface area contributed by atoms with E-state index in [2.05, 4.69) is 477 Å². The van der Waals surface area contributed by atoms with Crippen molar-refractivity contribution in [3.63, 3.8) is 0 Å². The summed E-state index contributed by atoms with van der Waals surface area (Å²) in [4.78, 5) is 4.92. The second-order valence-electron chi connectivity index (χ2n) is 37.1. The third-order valence-corrected chi connectivity index (χ3v) is 29.6. The molecule has 2 nitrogen and oxygen atoms in total. The molecule has 18 aromatic rings. The maximum atomic E-state index is 2.62. The summed E-state index contributed by atoms with van der Waals surface area (Å²) in [5.41, 5.74) is 47.7. The van der Waals surface area contributed by atoms with E-state index in [-0.39, 0.29) is 21.7 Å². The van der Waals surface area contributed by atoms with E-state index in [0.29, 0.717) is 0 Å². The molecule has 0 aliphatic heterocycles. The van der Waals surface area contributed by atoms with Crippen LogP contribution in [0.25, 0.3) is 89.0 Å². The SMILES string of the molecule is CC1(C)c2ccccc2-c2cc3c(cc21)-c1cc(-c2cccc(N(c4ccccc4)c4ccc5c(c4)C(c4ccccc4)(c4ccccc4)c4ccc(CC6(C)c7ccccc7-c7cc8c(cc76)-c6cccc(-c7ccc(N(c9ccccc9)c9ccc%10c(c9)C(c9ccccc9)(c9ccccc9)c9ccccc9-%10)cc7)c6C8(C)C)cc4-5)c2)ccc1C3(C)C. The van der Waals surface area contributed by atoms with Gasteiger partial charge in [0.05, 0.1) is 10.8 Å². The van der Waals surface area contributed by atoms with Crippen molar-refractivity contribution < 1.29 is 0 Å². The van der Waals surface area contributed by atoms with Gasteiger partial charge in [-0.25, -0.2) is 0 Å². The van der Waals surface area contributed by atoms with E-state index in [1.54, 1.807) is 0 Å². The fourth-order valence-electron chi connectivity index (χ4n) is 23.9. The summed E-state index contributed by atoms with van der Waals surface area (Å²) in [5, 5.41) is 0. The van der Waals surface area contributed by atoms with Crippen LogP contribution >= 0.6 is 0 Å². The summed E-state index contributed by atoms with van der Waals surface area (Å²) in [7, 11) is 0. The van der Waals surface area contributed by atoms with Gasteiger partial charge in [0.15, 0.2) is 0 Å². The molecular weight excluding hydrogens is 1490 g/mol. The highest BCUT2D eigenvalue weighted by Gasteiger charge is 2.51. The molecule has 24 rings (SSSR count). The number of para-hydroxylation sites is 2. The van der Waals surface area contributed by atoms with Crippen LogP contribution in [0, 0.1) is 0 Å². The van der Waals surface area contributed by atoms with Crippen LogP contribution in [0.1, 0.15) is 143 Å². The molecule has 1 atom stereocenters. The first-order valence-electron chi connectivity index (χ1n) is 44.1. The molecule has 6 aliphatic carbocycles. The fraction of sp³-hybridized carbons (Fsp3) is 0.115. The Morgan fingerprint density at radius 3 is 1.07 bits per heavy atom. The Morgan fingerprint density at radius 2 is 0.508 bits per heavy atom. The van der Waals surface area contributed by atoms with Gasteiger partial charge < -0.3 is 9.80 Å². The Labute approximate surface area is 728 Å². The second-order valence-corrected chi connectivity index (χ2v) is 37.1. The van der Waals surface area contributed by atoms with Crippen LogP contribution in [0.2, 0.25) is 0 Å². The van der Waals surface area contributed by atoms with Gasteiger partial charge in [-0.15, -0.1) is 0 Å². The van der Waals surface area contributed by atoms with Gasteiger partial charge in [-0.1, -0.05) is 364 Å². The van der Waals surface area contributed by atoms with E-state index in [4.69, 9.17) is 0 Å². The number of hydrogen-bond acceptors (Lipinski definition) is 2. The Hall–Kier alpha value is -14.4. The Balaban J connectivity index is 0.591. The average molecular weight is 1590 g/mol. The molecular formula is C122H92N2. The van der Waals surface area contributed by atoms with Gasteiger partial charge in [-0.2, -0.15) is 0 Å². The van der Waals surface area contributed by atoms with Crippen LogP contribution in [-0.4, -0.2) is 0 Å². The molecule has 2 heteroatoms. The molecule has 0 radical (unpaired) electrons. The smallest absolute Gasteiger partial charge is 0.0714 e. The van der Waals surface area contributed by atoms with Gasteiger partial charge in [0, 0.05) is 55.8 Å². The molecule has 1 unspecified atom stereocenters. The van der Waals surface area contributed by atoms with Crippen molar-refractivity contribution >= 4 is 34.1 Å². The van der Waals surface area contributed by atoms with E-state index in [1.807, 2.05) is 0 Å². The van der Waals surface area contributed by atoms with E-state index in [0.717, 1.165) is 40.5 Å². The lowest BCUT2D eigenvalue weighted by Gasteiger charge is -2.35. The highest BCUT2D eigenvalue weighted by molar-refractivity contribution is 5.98. The van der Waals surface area contributed by atoms with Gasteiger partial charge in [0.25, 0.3) is 0 Å². The molecule has 124 heavy (non-hydrogen) atoms. The summed E-state index contributed by atoms with van der Waals surface area (Å²) in [5.74, 6) is 0. The summed E-state index contributed by atoms with van der Waals surface area (Å²) in [6.07, 6.45) is 0.810. The number of rotatable bonds is 14. The van der Waals surface area contributed by atoms with Crippen molar-refractivity contribution in [2.24, 2.45) is 0 Å². The van der Waals surface area contributed by atoms with Crippen molar-refractivity contribution in [3.05, 3.63) is 513 Å². The predicted molar refractivity (Wildman–Crippen MR) is 516 cm³/mol. The molecule has 0 N–H and O–H groups in total. The topological polar surface area (TPSA) is 6.48 Å². The van der Waals surface area contributed by atoms with Crippen molar-refractivity contribution in [2.75, 3.05) is 9.80 Å². The molecule has 590 valence electrons. The van der Waals surface area contributed by atoms with Crippen LogP contribution in [0.5, 0.6) is 0 Å². The number of fused-ring (bicyclic) bond motifs is 18. The first kappa shape index (κ1) is 73.5. The lowest BCUT2D eigenvalue weighted by molar-refractivity contribution is 0.582. The lowest BCUT2D eigenvalue weighted by Crippen LogP contribution is -2.29. The fourth-order valence-corrected chi connectivity index (χ4v) is 23.9. The molecule has 0 spiro atoms. The number of anilines is 6. The number of benzene rings is 18. The van der Waals surface area contributed by atoms with E-state index < -0.39 is 10.8 Å². The van der Waals surface area contributed by atoms with Crippen LogP contribution in [-0.2, 0) is 38.9 Å². The number of nitrogens with zero attached hydrogens (tertiary/aromatic N) is 2. The zero-order valence-electron chi connectivity index (χ0n) is 70.9. The largest absolute Gasteiger partial charge is 0.310 e. The summed E-state index contributed by atoms with van der Waals surface area (Å²) >= 11 is 0. The third-order valence-electron chi connectivity index (χ3n) is 29.6. The molecule has 0 bridgehead atoms. The minimum atomic E-state index is -0.657. The molecule has 0 saturated carbocycles. The lowest BCUT2D eigenvalue weighted by atomic mass is 9.67. The summed E-state index contributed by atoms with van der Waals surface area (Å²) < 4.78 is 0. The van der Waals surface area contributed by atoms with Gasteiger partial charge in [-0.05, 0) is 293 Å². The maximum absolute atomic E-state index is 2.62. The molecule has 0 aromatic heterocycles. The van der Waals surface area contributed by atoms with E-state index in [1.165, 1.54) is 184 Å². The normalized spacial score (nSPS) is 16.1. The standard InChI is InChI=1S/C122H92N2/c1-117(2)105-53-29-26-49-94(105)101-73-111-104(75-110(101)117)100-70-81(59-67-106(100)118(111,3)4)80-34-32-47-89(69-80)124(87-45-24-13-25-46-87)91-63-65-97-99-68-78(56-66-109(99)122(115(97)72-91,84-39-18-10-19-40-84)85-41-20-11-21-42-85)77-120(7)107-54-30-27-50-95(107)102-74-112-103(76-113(102)120)98-52-33-51-92(116(98)119(112,5)6)79-57-60-88(61-58-79)123(86-43-22-12-23-44-86)90-62-64-96-93-48-28-31-55-108(93)121(114(96)71-90,82-35-14-8-15-36-82)83-37-16-9-17-38-83/h8-76H,77H2,1-7H3. The number of hydrogen-bond donors (Lipinski definition) is 0. The molecule has 0 fully saturated rings. The highest BCUT2D eigenvalue weighted by Crippen LogP contribution is 2.64. The van der Waals surface area contributed by atoms with Crippen molar-refractivity contribution in [2.45, 2.75) is 87.4 Å². The quantitative estimate of drug-likeness (QED) is 0.107. The minimum absolute atomic E-state index is 0.0964. The molecule has 0 saturated heterocycles. The minimum Gasteiger partial charge on any atom is -0.310 e. The molecule has 0 amide bonds. The summed E-state index contributed by atoms with van der Waals surface area (Å²) in [6, 6.07) is 160. The van der Waals surface area contributed by atoms with Gasteiger partial charge in [0.1, 0.15) is 0 Å². The second kappa shape index (κ2) is 27.3. The van der Waals surface area contributed by atoms with Crippen molar-refractivity contribution in [1.82, 2.24) is 0 Å². The highest BCUT2D eigenvalue weighted by atomic mass is 15.1. The molecule has 0 heterocycles. The zero-order valence-corrected chi connectivity index (χ0v) is 70.9. The van der Waals surface area contributed by atoms with Crippen LogP contribution in [0.3, 0.4) is 0 Å². The van der Waals surface area contributed by atoms with E-state index in [9.17, 15) is 0 Å². The van der Waals surface area contributed by atoms with Crippen LogP contribution < -0.4 is 9.80 Å². The third kappa shape index (κ3) is 10.5. The van der Waals surface area contributed by atoms with Gasteiger partial charge >= 0.3 is 0 Å². The van der Waals surface area contributed by atoms with Gasteiger partial charge in [-0.3, -0.25) is 0 Å². The molecule has 18 aromatic carbocycles. The first-order chi connectivity index (χ1) is 60.6. The first-order valence-corrected chi connectivity index (χ1v) is 44.1. The predicted octanol–water partition coefficient (Wildman–Crippen LogP) is 31.1. The zero-order chi connectivity index (χ0) is 83.2. The van der Waals surface area contributed by atoms with Gasteiger partial charge in [0.2, 0.25) is 0 Å². The average Bonchev–Trinajstić information content (AvgIpc) is 1.54. The Kier molecular flexibility index (Phi) is 16.2. The summed E-state index contributed by atoms with van der Waals surface area (Å²) in [6.45, 7) is 17.1. The monoisotopic (exact) mass is 1580 g/mol. The Bertz CT molecular complexity index is 7320. The Morgan fingerprint density at radius 1 is 0.177 bits per heavy atom. The van der Waals surface area contributed by atoms with Crippen molar-refractivity contribution in [1.29, 1.82) is 0 Å². The molecule has 6 aliphatic rings. The van der Waals surface area contributed by atoms with Crippen molar-refractivity contribution in [3.8, 4) is 89.0 Å². The maximum Gasteiger partial charge on any atom is 0.0714 e. The van der Waals surface area contributed by atoms with Crippen LogP contribution in [0.4, 0.5) is 34.1 Å². The van der Waals surface area contributed by atoms with E-state index >= 15 is 0 Å². The van der Waals surface area contributed by atoms with Crippen LogP contribution in [0.15, 0.2) is 419 Å².